The van der Waals surface area contributed by atoms with Crippen LogP contribution in [0.2, 0.25) is 0 Å². The lowest BCUT2D eigenvalue weighted by Crippen LogP contribution is -2.08. The van der Waals surface area contributed by atoms with E-state index in [4.69, 9.17) is 33.5 Å². The van der Waals surface area contributed by atoms with Crippen LogP contribution >= 0.6 is 0 Å². The van der Waals surface area contributed by atoms with Gasteiger partial charge in [-0.1, -0.05) is 6.92 Å². The predicted octanol–water partition coefficient (Wildman–Crippen LogP) is 1.82. The van der Waals surface area contributed by atoms with E-state index in [1.807, 2.05) is 0 Å². The largest absolute Gasteiger partial charge is 0.481 e. The third kappa shape index (κ3) is 4.84. The third-order valence-electron chi connectivity index (χ3n) is 7.49. The number of ether oxygens (including phenoxy) is 6. The van der Waals surface area contributed by atoms with E-state index in [-0.39, 0.29) is 30.8 Å². The van der Waals surface area contributed by atoms with Gasteiger partial charge in [0.15, 0.2) is 0 Å². The van der Waals surface area contributed by atoms with Gasteiger partial charge in [0.25, 0.3) is 0 Å². The molecule has 12 unspecified atom stereocenters. The molecule has 8 nitrogen and oxygen atoms in total. The molecule has 0 saturated carbocycles. The molecule has 0 aromatic heterocycles. The van der Waals surface area contributed by atoms with Gasteiger partial charge in [0.2, 0.25) is 0 Å². The molecule has 6 rings (SSSR count). The Morgan fingerprint density at radius 2 is 0.867 bits per heavy atom. The summed E-state index contributed by atoms with van der Waals surface area (Å²) in [5.74, 6) is -0.758. The second-order valence-corrected chi connectivity index (χ2v) is 9.80. The molecule has 0 amide bonds. The molecule has 6 fully saturated rings. The molecule has 0 aliphatic carbocycles. The van der Waals surface area contributed by atoms with Crippen LogP contribution in [0.3, 0.4) is 0 Å². The summed E-state index contributed by atoms with van der Waals surface area (Å²) in [5.41, 5.74) is 0. The summed E-state index contributed by atoms with van der Waals surface area (Å²) in [5, 5.41) is 8.72. The van der Waals surface area contributed by atoms with Crippen molar-refractivity contribution in [2.75, 3.05) is 0 Å². The average molecular weight is 424 g/mol. The number of hydrogen-bond donors (Lipinski definition) is 1. The van der Waals surface area contributed by atoms with Crippen LogP contribution in [-0.2, 0) is 33.2 Å². The fraction of sp³-hybridized carbons (Fsp3) is 0.955. The molecule has 0 aromatic carbocycles. The summed E-state index contributed by atoms with van der Waals surface area (Å²) < 4.78 is 34.4. The molecule has 0 radical (unpaired) electrons. The average Bonchev–Trinajstić information content (AvgIpc) is 3.52. The van der Waals surface area contributed by atoms with E-state index >= 15 is 0 Å². The third-order valence-corrected chi connectivity index (χ3v) is 7.49. The summed E-state index contributed by atoms with van der Waals surface area (Å²) in [7, 11) is 0. The number of hydrogen-bond acceptors (Lipinski definition) is 7. The number of carbonyl (C=O) groups is 1. The van der Waals surface area contributed by atoms with Crippen molar-refractivity contribution >= 4 is 5.97 Å². The molecule has 30 heavy (non-hydrogen) atoms. The first kappa shape index (κ1) is 19.9. The zero-order valence-corrected chi connectivity index (χ0v) is 17.4. The summed E-state index contributed by atoms with van der Waals surface area (Å²) in [4.78, 5) is 10.6. The first-order chi connectivity index (χ1) is 14.6. The maximum absolute atomic E-state index is 10.6. The molecule has 12 atom stereocenters. The van der Waals surface area contributed by atoms with Gasteiger partial charge in [0.1, 0.15) is 0 Å². The Kier molecular flexibility index (Phi) is 5.08. The molecule has 8 heteroatoms. The smallest absolute Gasteiger partial charge is 0.303 e. The van der Waals surface area contributed by atoms with E-state index in [0.29, 0.717) is 55.3 Å². The Hall–Kier alpha value is -0.770. The number of epoxide rings is 6. The molecule has 0 bridgehead atoms. The highest BCUT2D eigenvalue weighted by Gasteiger charge is 2.56. The fourth-order valence-corrected chi connectivity index (χ4v) is 5.17. The Balaban J connectivity index is 0.806. The van der Waals surface area contributed by atoms with Crippen LogP contribution in [-0.4, -0.2) is 84.3 Å². The van der Waals surface area contributed by atoms with Crippen molar-refractivity contribution in [1.82, 2.24) is 0 Å². The van der Waals surface area contributed by atoms with Gasteiger partial charge in [-0.25, -0.2) is 0 Å². The Morgan fingerprint density at radius 1 is 0.567 bits per heavy atom. The number of aliphatic carboxylic acids is 1. The standard InChI is InChI=1S/C22H32O8/c1-2-10-12(25-10)5-14-16(27-14)7-18-20(29-18)9-21-19(30-21)8-17-15(28-17)6-13-11(26-13)3-4-22(23)24/h10-21H,2-9H2,1H3,(H,23,24). The van der Waals surface area contributed by atoms with Crippen molar-refractivity contribution in [3.05, 3.63) is 0 Å². The first-order valence-electron chi connectivity index (χ1n) is 11.7. The van der Waals surface area contributed by atoms with Crippen LogP contribution in [0.15, 0.2) is 0 Å². The molecule has 6 saturated heterocycles. The minimum atomic E-state index is -0.758. The molecule has 0 aromatic rings. The lowest BCUT2D eigenvalue weighted by atomic mass is 10.0. The van der Waals surface area contributed by atoms with Gasteiger partial charge >= 0.3 is 5.97 Å². The minimum Gasteiger partial charge on any atom is -0.481 e. The molecule has 6 aliphatic rings. The zero-order valence-electron chi connectivity index (χ0n) is 17.4. The van der Waals surface area contributed by atoms with Crippen molar-refractivity contribution < 1.29 is 38.3 Å². The summed E-state index contributed by atoms with van der Waals surface area (Å²) >= 11 is 0. The van der Waals surface area contributed by atoms with Crippen LogP contribution in [0.25, 0.3) is 0 Å². The van der Waals surface area contributed by atoms with Crippen molar-refractivity contribution in [2.45, 2.75) is 132 Å². The molecular weight excluding hydrogens is 392 g/mol. The molecule has 6 aliphatic heterocycles. The molecule has 168 valence electrons. The van der Waals surface area contributed by atoms with Crippen LogP contribution in [0.1, 0.15) is 58.3 Å². The van der Waals surface area contributed by atoms with Gasteiger partial charge in [0, 0.05) is 38.5 Å². The monoisotopic (exact) mass is 424 g/mol. The van der Waals surface area contributed by atoms with Crippen molar-refractivity contribution in [3.63, 3.8) is 0 Å². The fourth-order valence-electron chi connectivity index (χ4n) is 5.17. The summed E-state index contributed by atoms with van der Waals surface area (Å²) in [6.45, 7) is 2.17. The first-order valence-corrected chi connectivity index (χ1v) is 11.7. The van der Waals surface area contributed by atoms with Crippen molar-refractivity contribution in [3.8, 4) is 0 Å². The Morgan fingerprint density at radius 3 is 1.20 bits per heavy atom. The highest BCUT2D eigenvalue weighted by molar-refractivity contribution is 5.66. The van der Waals surface area contributed by atoms with E-state index in [0.717, 1.165) is 38.5 Å². The van der Waals surface area contributed by atoms with Crippen LogP contribution < -0.4 is 0 Å². The van der Waals surface area contributed by atoms with Crippen LogP contribution in [0.4, 0.5) is 0 Å². The maximum atomic E-state index is 10.6. The summed E-state index contributed by atoms with van der Waals surface area (Å²) in [6, 6.07) is 0. The van der Waals surface area contributed by atoms with E-state index in [1.54, 1.807) is 0 Å². The molecular formula is C22H32O8. The maximum Gasteiger partial charge on any atom is 0.303 e. The van der Waals surface area contributed by atoms with E-state index in [2.05, 4.69) is 6.92 Å². The van der Waals surface area contributed by atoms with Gasteiger partial charge in [-0.2, -0.15) is 0 Å². The predicted molar refractivity (Wildman–Crippen MR) is 102 cm³/mol. The summed E-state index contributed by atoms with van der Waals surface area (Å²) in [6.07, 6.45) is 10.5. The second-order valence-electron chi connectivity index (χ2n) is 9.80. The van der Waals surface area contributed by atoms with Crippen molar-refractivity contribution in [1.29, 1.82) is 0 Å². The topological polar surface area (TPSA) is 112 Å². The SMILES string of the molecule is CCC1OC1CC1OC1CC1OC1CC1OC1CC1OC1CC1OC1CCC(=O)O. The number of rotatable bonds is 14. The molecule has 1 N–H and O–H groups in total. The highest BCUT2D eigenvalue weighted by Crippen LogP contribution is 2.46. The lowest BCUT2D eigenvalue weighted by Gasteiger charge is -1.93. The number of carboxylic acid groups (broad SMARTS) is 1. The van der Waals surface area contributed by atoms with Crippen LogP contribution in [0, 0.1) is 0 Å². The second kappa shape index (κ2) is 7.67. The Labute approximate surface area is 176 Å². The molecule has 6 heterocycles. The van der Waals surface area contributed by atoms with E-state index < -0.39 is 5.97 Å². The van der Waals surface area contributed by atoms with E-state index in [9.17, 15) is 4.79 Å². The lowest BCUT2D eigenvalue weighted by molar-refractivity contribution is -0.137. The molecule has 0 spiro atoms. The van der Waals surface area contributed by atoms with Gasteiger partial charge in [0.05, 0.1) is 73.2 Å². The zero-order chi connectivity index (χ0) is 20.4. The quantitative estimate of drug-likeness (QED) is 0.420. The normalized spacial score (nSPS) is 52.0. The number of carboxylic acids is 1. The Bertz CT molecular complexity index is 672. The van der Waals surface area contributed by atoms with Crippen molar-refractivity contribution in [2.24, 2.45) is 0 Å². The highest BCUT2D eigenvalue weighted by atomic mass is 16.6. The van der Waals surface area contributed by atoms with E-state index in [1.165, 1.54) is 0 Å². The van der Waals surface area contributed by atoms with Gasteiger partial charge < -0.3 is 33.5 Å². The van der Waals surface area contributed by atoms with Crippen LogP contribution in [0.5, 0.6) is 0 Å². The van der Waals surface area contributed by atoms with Gasteiger partial charge in [-0.3, -0.25) is 4.79 Å². The van der Waals surface area contributed by atoms with Gasteiger partial charge in [-0.15, -0.1) is 0 Å². The van der Waals surface area contributed by atoms with Gasteiger partial charge in [-0.05, 0) is 12.8 Å². The minimum absolute atomic E-state index is 0.111.